The smallest absolute Gasteiger partial charge is 0.313 e. The minimum atomic E-state index is -0.899. The number of aliphatic carboxylic acids is 1. The monoisotopic (exact) mass is 300 g/mol. The van der Waals surface area contributed by atoms with Gasteiger partial charge >= 0.3 is 5.97 Å². The quantitative estimate of drug-likeness (QED) is 0.863. The molecule has 2 rings (SSSR count). The first-order chi connectivity index (χ1) is 9.06. The van der Waals surface area contributed by atoms with Crippen LogP contribution in [0.25, 0.3) is 0 Å². The highest BCUT2D eigenvalue weighted by Crippen LogP contribution is 2.20. The Labute approximate surface area is 118 Å². The van der Waals surface area contributed by atoms with E-state index in [1.54, 1.807) is 29.1 Å². The molecule has 7 heteroatoms. The third-order valence-electron chi connectivity index (χ3n) is 2.34. The summed E-state index contributed by atoms with van der Waals surface area (Å²) in [5.41, 5.74) is 0.821. The molecule has 0 fully saturated rings. The fourth-order valence-corrected chi connectivity index (χ4v) is 2.40. The summed E-state index contributed by atoms with van der Waals surface area (Å²) in [6.07, 6.45) is 3.33. The van der Waals surface area contributed by atoms with Crippen molar-refractivity contribution in [2.24, 2.45) is 0 Å². The van der Waals surface area contributed by atoms with Gasteiger partial charge in [0.15, 0.2) is 5.16 Å². The Hall–Kier alpha value is -1.53. The van der Waals surface area contributed by atoms with Crippen LogP contribution in [0.4, 0.5) is 4.39 Å². The van der Waals surface area contributed by atoms with Crippen molar-refractivity contribution in [3.63, 3.8) is 0 Å². The maximum atomic E-state index is 13.0. The van der Waals surface area contributed by atoms with Crippen molar-refractivity contribution in [3.05, 3.63) is 47.0 Å². The number of rotatable bonds is 5. The molecule has 0 aliphatic rings. The first kappa shape index (κ1) is 13.9. The highest BCUT2D eigenvalue weighted by Gasteiger charge is 2.08. The van der Waals surface area contributed by atoms with E-state index in [4.69, 9.17) is 16.7 Å². The van der Waals surface area contributed by atoms with Crippen molar-refractivity contribution in [3.8, 4) is 0 Å². The molecule has 1 N–H and O–H groups in total. The summed E-state index contributed by atoms with van der Waals surface area (Å²) < 4.78 is 14.8. The molecule has 0 unspecified atom stereocenters. The summed E-state index contributed by atoms with van der Waals surface area (Å²) in [5, 5.41) is 9.31. The van der Waals surface area contributed by atoms with Crippen LogP contribution in [0.15, 0.2) is 35.7 Å². The second kappa shape index (κ2) is 6.08. The molecule has 0 radical (unpaired) electrons. The summed E-state index contributed by atoms with van der Waals surface area (Å²) in [6.45, 7) is 0.460. The number of hydrogen-bond acceptors (Lipinski definition) is 3. The van der Waals surface area contributed by atoms with Crippen molar-refractivity contribution in [2.75, 3.05) is 5.75 Å². The molecule has 19 heavy (non-hydrogen) atoms. The van der Waals surface area contributed by atoms with Crippen LogP contribution in [0, 0.1) is 5.82 Å². The first-order valence-electron chi connectivity index (χ1n) is 5.36. The predicted octanol–water partition coefficient (Wildman–Crippen LogP) is 2.90. The number of benzene rings is 1. The van der Waals surface area contributed by atoms with E-state index in [0.29, 0.717) is 11.7 Å². The highest BCUT2D eigenvalue weighted by molar-refractivity contribution is 7.99. The number of carboxylic acid groups (broad SMARTS) is 1. The lowest BCUT2D eigenvalue weighted by Gasteiger charge is -2.07. The van der Waals surface area contributed by atoms with Gasteiger partial charge in [-0.1, -0.05) is 29.4 Å². The molecule has 0 bridgehead atoms. The van der Waals surface area contributed by atoms with Crippen LogP contribution in [0.1, 0.15) is 5.56 Å². The normalized spacial score (nSPS) is 10.6. The number of nitrogens with zero attached hydrogens (tertiary/aromatic N) is 2. The molecule has 1 heterocycles. The minimum Gasteiger partial charge on any atom is -0.481 e. The van der Waals surface area contributed by atoms with Crippen LogP contribution in [-0.4, -0.2) is 26.4 Å². The molecule has 0 aliphatic heterocycles. The van der Waals surface area contributed by atoms with E-state index in [0.717, 1.165) is 17.3 Å². The van der Waals surface area contributed by atoms with Crippen molar-refractivity contribution in [1.82, 2.24) is 9.55 Å². The molecular weight excluding hydrogens is 291 g/mol. The van der Waals surface area contributed by atoms with Crippen molar-refractivity contribution in [2.45, 2.75) is 11.7 Å². The lowest BCUT2D eigenvalue weighted by Crippen LogP contribution is -2.04. The number of carbonyl (C=O) groups is 1. The number of hydrogen-bond donors (Lipinski definition) is 1. The van der Waals surface area contributed by atoms with Crippen LogP contribution in [-0.2, 0) is 11.3 Å². The average molecular weight is 301 g/mol. The molecule has 1 aromatic heterocycles. The number of carboxylic acids is 1. The lowest BCUT2D eigenvalue weighted by atomic mass is 10.2. The van der Waals surface area contributed by atoms with E-state index in [-0.39, 0.29) is 10.8 Å². The van der Waals surface area contributed by atoms with Crippen molar-refractivity contribution in [1.29, 1.82) is 0 Å². The second-order valence-corrected chi connectivity index (χ2v) is 5.12. The van der Waals surface area contributed by atoms with E-state index in [9.17, 15) is 9.18 Å². The Balaban J connectivity index is 2.12. The Morgan fingerprint density at radius 2 is 2.32 bits per heavy atom. The van der Waals surface area contributed by atoms with Gasteiger partial charge in [-0.15, -0.1) is 0 Å². The van der Waals surface area contributed by atoms with Gasteiger partial charge in [0.1, 0.15) is 5.82 Å². The van der Waals surface area contributed by atoms with E-state index >= 15 is 0 Å². The van der Waals surface area contributed by atoms with Gasteiger partial charge in [-0.3, -0.25) is 4.79 Å². The maximum Gasteiger partial charge on any atom is 0.313 e. The van der Waals surface area contributed by atoms with E-state index in [2.05, 4.69) is 4.98 Å². The molecule has 0 aliphatic carbocycles. The molecule has 0 saturated heterocycles. The van der Waals surface area contributed by atoms with Gasteiger partial charge in [-0.2, -0.15) is 0 Å². The van der Waals surface area contributed by atoms with E-state index < -0.39 is 11.8 Å². The molecular formula is C12H10ClFN2O2S. The number of thioether (sulfide) groups is 1. The molecule has 100 valence electrons. The summed E-state index contributed by atoms with van der Waals surface area (Å²) in [4.78, 5) is 14.6. The molecule has 0 saturated carbocycles. The number of aromatic nitrogens is 2. The van der Waals surface area contributed by atoms with Gasteiger partial charge in [-0.05, 0) is 17.7 Å². The zero-order valence-corrected chi connectivity index (χ0v) is 11.3. The lowest BCUT2D eigenvalue weighted by molar-refractivity contribution is -0.133. The number of imidazole rings is 1. The Bertz CT molecular complexity index is 603. The zero-order valence-electron chi connectivity index (χ0n) is 9.72. The molecule has 4 nitrogen and oxygen atoms in total. The molecule has 0 atom stereocenters. The third kappa shape index (κ3) is 3.71. The summed E-state index contributed by atoms with van der Waals surface area (Å²) in [5.74, 6) is -1.41. The van der Waals surface area contributed by atoms with Gasteiger partial charge in [-0.25, -0.2) is 9.37 Å². The van der Waals surface area contributed by atoms with Gasteiger partial charge in [0.05, 0.1) is 10.8 Å². The maximum absolute atomic E-state index is 13.0. The topological polar surface area (TPSA) is 55.1 Å². The van der Waals surface area contributed by atoms with Crippen LogP contribution in [0.3, 0.4) is 0 Å². The molecule has 0 amide bonds. The SMILES string of the molecule is O=C(O)CSc1nccn1Cc1ccc(F)c(Cl)c1. The second-order valence-electron chi connectivity index (χ2n) is 3.77. The Morgan fingerprint density at radius 1 is 1.53 bits per heavy atom. The Morgan fingerprint density at radius 3 is 3.00 bits per heavy atom. The van der Waals surface area contributed by atoms with Crippen LogP contribution in [0.5, 0.6) is 0 Å². The fraction of sp³-hybridized carbons (Fsp3) is 0.167. The van der Waals surface area contributed by atoms with Crippen molar-refractivity contribution < 1.29 is 14.3 Å². The van der Waals surface area contributed by atoms with Crippen LogP contribution < -0.4 is 0 Å². The van der Waals surface area contributed by atoms with Gasteiger partial charge < -0.3 is 9.67 Å². The Kier molecular flexibility index (Phi) is 4.44. The summed E-state index contributed by atoms with van der Waals surface area (Å²) >= 11 is 6.85. The van der Waals surface area contributed by atoms with Gasteiger partial charge in [0, 0.05) is 18.9 Å². The summed E-state index contributed by atoms with van der Waals surface area (Å²) in [7, 11) is 0. The highest BCUT2D eigenvalue weighted by atomic mass is 35.5. The largest absolute Gasteiger partial charge is 0.481 e. The van der Waals surface area contributed by atoms with Crippen LogP contribution >= 0.6 is 23.4 Å². The first-order valence-corrected chi connectivity index (χ1v) is 6.72. The molecule has 2 aromatic rings. The van der Waals surface area contributed by atoms with Crippen LogP contribution in [0.2, 0.25) is 5.02 Å². The molecule has 0 spiro atoms. The van der Waals surface area contributed by atoms with Gasteiger partial charge in [0.2, 0.25) is 0 Å². The van der Waals surface area contributed by atoms with Crippen molar-refractivity contribution >= 4 is 29.3 Å². The predicted molar refractivity (Wildman–Crippen MR) is 71.1 cm³/mol. The van der Waals surface area contributed by atoms with E-state index in [1.807, 2.05) is 0 Å². The summed E-state index contributed by atoms with van der Waals surface area (Å²) in [6, 6.07) is 4.48. The minimum absolute atomic E-state index is 0.0544. The number of halogens is 2. The average Bonchev–Trinajstić information content (AvgIpc) is 2.79. The van der Waals surface area contributed by atoms with Gasteiger partial charge in [0.25, 0.3) is 0 Å². The fourth-order valence-electron chi connectivity index (χ4n) is 1.52. The molecule has 1 aromatic carbocycles. The zero-order chi connectivity index (χ0) is 13.8. The van der Waals surface area contributed by atoms with E-state index in [1.165, 1.54) is 6.07 Å². The standard InChI is InChI=1S/C12H10ClFN2O2S/c13-9-5-8(1-2-10(9)14)6-16-4-3-15-12(16)19-7-11(17)18/h1-5H,6-7H2,(H,17,18). The third-order valence-corrected chi connectivity index (χ3v) is 3.62.